The maximum Gasteiger partial charge on any atom is 2.00 e. The second-order valence-corrected chi connectivity index (χ2v) is 12.0. The van der Waals surface area contributed by atoms with Crippen molar-refractivity contribution in [3.8, 4) is 6.07 Å². The average Bonchev–Trinajstić information content (AvgIpc) is 2.98. The van der Waals surface area contributed by atoms with Gasteiger partial charge >= 0.3 is 20.4 Å². The van der Waals surface area contributed by atoms with Crippen LogP contribution in [0.3, 0.4) is 0 Å². The minimum atomic E-state index is -4.94. The second-order valence-electron chi connectivity index (χ2n) is 9.06. The molecule has 5 aromatic rings. The van der Waals surface area contributed by atoms with Crippen molar-refractivity contribution in [1.82, 2.24) is 4.90 Å². The Morgan fingerprint density at radius 1 is 0.698 bits per heavy atom. The molecule has 0 unspecified atom stereocenters. The van der Waals surface area contributed by atoms with Gasteiger partial charge in [-0.25, -0.2) is 18.6 Å². The molecule has 6 nitrogen and oxygen atoms in total. The molecule has 0 bridgehead atoms. The molecular weight excluding hydrogens is 673 g/mol. The van der Waals surface area contributed by atoms with Gasteiger partial charge in [0.15, 0.2) is 0 Å². The van der Waals surface area contributed by atoms with E-state index in [2.05, 4.69) is 153 Å². The van der Waals surface area contributed by atoms with Crippen LogP contribution in [0.4, 0.5) is 0 Å². The van der Waals surface area contributed by atoms with Crippen LogP contribution < -0.4 is 34.5 Å². The number of nitrogens with zero attached hydrogens (tertiary/aromatic N) is 2. The molecule has 0 aromatic heterocycles. The molecule has 5 aromatic carbocycles. The zero-order valence-corrected chi connectivity index (χ0v) is 27.6. The number of hydrogen-bond acceptors (Lipinski definition) is 6. The standard InChI is InChI=1S/C18H15P.C14H16N.C2H3N.ClHO4.Pd/c1-4-10-16(11-5-1)19(17-12-6-2-7-13-17)18-14-8-3-9-15-18;1-11(15(2)3)13-10-6-8-12-7-4-5-9-14(12)13;1-2-3;2-1(3,4)5;/h1-15H;4-9,11H,1-3H3;1H3;(H,2,3,4,5);/q;-1;;;+2/p-1/t;11-;;;/m.1.../s1. The van der Waals surface area contributed by atoms with Crippen LogP contribution in [0.2, 0.25) is 0 Å². The van der Waals surface area contributed by atoms with Crippen molar-refractivity contribution < 1.29 is 49.3 Å². The maximum atomic E-state index is 8.49. The van der Waals surface area contributed by atoms with E-state index in [1.807, 2.05) is 6.07 Å². The topological polar surface area (TPSA) is 119 Å². The second kappa shape index (κ2) is 20.1. The van der Waals surface area contributed by atoms with Crippen molar-refractivity contribution in [1.29, 1.82) is 5.26 Å². The van der Waals surface area contributed by atoms with E-state index >= 15 is 0 Å². The maximum absolute atomic E-state index is 8.49. The largest absolute Gasteiger partial charge is 2.00 e. The molecule has 0 aliphatic carbocycles. The molecular formula is C34H34ClN2O4PPd. The van der Waals surface area contributed by atoms with Gasteiger partial charge in [-0.05, 0) is 44.9 Å². The van der Waals surface area contributed by atoms with Gasteiger partial charge in [0, 0.05) is 13.0 Å². The number of hydrogen-bond donors (Lipinski definition) is 0. The van der Waals surface area contributed by atoms with Gasteiger partial charge in [0.25, 0.3) is 0 Å². The molecule has 0 saturated heterocycles. The summed E-state index contributed by atoms with van der Waals surface area (Å²) >= 11 is 0. The molecule has 0 radical (unpaired) electrons. The van der Waals surface area contributed by atoms with Crippen LogP contribution in [-0.4, -0.2) is 19.0 Å². The summed E-state index contributed by atoms with van der Waals surface area (Å²) in [5.74, 6) is 0. The zero-order chi connectivity index (χ0) is 31.0. The molecule has 5 rings (SSSR count). The van der Waals surface area contributed by atoms with E-state index in [0.29, 0.717) is 6.04 Å². The summed E-state index contributed by atoms with van der Waals surface area (Å²) in [6, 6.07) is 50.4. The minimum absolute atomic E-state index is 0. The van der Waals surface area contributed by atoms with E-state index in [4.69, 9.17) is 23.9 Å². The Morgan fingerprint density at radius 3 is 1.42 bits per heavy atom. The molecule has 1 atom stereocenters. The van der Waals surface area contributed by atoms with E-state index in [0.717, 1.165) is 0 Å². The molecule has 0 spiro atoms. The zero-order valence-electron chi connectivity index (χ0n) is 24.4. The van der Waals surface area contributed by atoms with E-state index < -0.39 is 18.2 Å². The van der Waals surface area contributed by atoms with Gasteiger partial charge in [-0.2, -0.15) is 23.5 Å². The van der Waals surface area contributed by atoms with Gasteiger partial charge in [0.2, 0.25) is 0 Å². The molecule has 0 aliphatic rings. The SMILES string of the molecule is CC#N.C[C@H](c1[c-]ccc2ccccc12)N(C)C.[O-][Cl+3]([O-])([O-])[O-].[Pd+2].c1ccc(P(c2ccccc2)c2ccccc2)cc1. The fraction of sp³-hybridized carbons (Fsp3) is 0.147. The van der Waals surface area contributed by atoms with Crippen molar-refractivity contribution in [3.63, 3.8) is 0 Å². The summed E-state index contributed by atoms with van der Waals surface area (Å²) in [5.41, 5.74) is 1.28. The Morgan fingerprint density at radius 2 is 1.05 bits per heavy atom. The van der Waals surface area contributed by atoms with E-state index in [9.17, 15) is 0 Å². The van der Waals surface area contributed by atoms with Gasteiger partial charge in [-0.15, -0.1) is 32.6 Å². The van der Waals surface area contributed by atoms with Crippen LogP contribution >= 0.6 is 7.92 Å². The van der Waals surface area contributed by atoms with Gasteiger partial charge < -0.3 is 4.90 Å². The van der Waals surface area contributed by atoms with Gasteiger partial charge in [-0.3, -0.25) is 0 Å². The summed E-state index contributed by atoms with van der Waals surface area (Å²) in [6.45, 7) is 3.64. The van der Waals surface area contributed by atoms with Crippen LogP contribution in [-0.2, 0) is 20.4 Å². The van der Waals surface area contributed by atoms with E-state index in [1.54, 1.807) is 6.07 Å². The molecule has 0 saturated carbocycles. The van der Waals surface area contributed by atoms with Crippen LogP contribution in [0.15, 0.2) is 127 Å². The van der Waals surface area contributed by atoms with Crippen molar-refractivity contribution in [2.24, 2.45) is 0 Å². The molecule has 0 heterocycles. The van der Waals surface area contributed by atoms with Gasteiger partial charge in [-0.1, -0.05) is 109 Å². The van der Waals surface area contributed by atoms with Crippen molar-refractivity contribution >= 4 is 34.6 Å². The molecule has 0 fully saturated rings. The van der Waals surface area contributed by atoms with Crippen molar-refractivity contribution in [2.75, 3.05) is 14.1 Å². The molecule has 43 heavy (non-hydrogen) atoms. The summed E-state index contributed by atoms with van der Waals surface area (Å²) in [4.78, 5) is 2.21. The van der Waals surface area contributed by atoms with Crippen LogP contribution in [0.1, 0.15) is 25.5 Å². The average molecular weight is 708 g/mol. The van der Waals surface area contributed by atoms with Crippen LogP contribution in [0.25, 0.3) is 10.8 Å². The summed E-state index contributed by atoms with van der Waals surface area (Å²) in [7, 11) is -1.20. The van der Waals surface area contributed by atoms with Crippen molar-refractivity contribution in [3.05, 3.63) is 139 Å². The fourth-order valence-corrected chi connectivity index (χ4v) is 6.27. The van der Waals surface area contributed by atoms with Gasteiger partial charge in [0.1, 0.15) is 0 Å². The molecule has 0 aliphatic heterocycles. The Labute approximate surface area is 272 Å². The first kappa shape index (κ1) is 38.1. The monoisotopic (exact) mass is 706 g/mol. The number of benzene rings is 5. The summed E-state index contributed by atoms with van der Waals surface area (Å²) in [6.07, 6.45) is 0. The third-order valence-corrected chi connectivity index (χ3v) is 8.43. The molecule has 226 valence electrons. The predicted octanol–water partition coefficient (Wildman–Crippen LogP) is 2.48. The normalized spacial score (nSPS) is 10.9. The van der Waals surface area contributed by atoms with Crippen LogP contribution in [0, 0.1) is 27.6 Å². The summed E-state index contributed by atoms with van der Waals surface area (Å²) in [5, 5.41) is 14.1. The van der Waals surface area contributed by atoms with E-state index in [1.165, 1.54) is 39.2 Å². The fourth-order valence-electron chi connectivity index (χ4n) is 3.97. The Bertz CT molecular complexity index is 1390. The first-order valence-electron chi connectivity index (χ1n) is 13.0. The van der Waals surface area contributed by atoms with Crippen LogP contribution in [0.5, 0.6) is 0 Å². The summed E-state index contributed by atoms with van der Waals surface area (Å²) < 4.78 is 34.0. The number of halogens is 1. The third-order valence-electron chi connectivity index (χ3n) is 5.99. The Hall–Kier alpha value is -2.97. The molecule has 9 heteroatoms. The number of rotatable bonds is 5. The smallest absolute Gasteiger partial charge is 0.305 e. The number of nitriles is 1. The van der Waals surface area contributed by atoms with Crippen molar-refractivity contribution in [2.45, 2.75) is 19.9 Å². The minimum Gasteiger partial charge on any atom is -0.305 e. The predicted molar refractivity (Wildman–Crippen MR) is 161 cm³/mol. The third kappa shape index (κ3) is 13.9. The van der Waals surface area contributed by atoms with E-state index in [-0.39, 0.29) is 20.4 Å². The Balaban J connectivity index is 0.000000344. The first-order chi connectivity index (χ1) is 20.1. The Kier molecular flexibility index (Phi) is 17.8. The number of fused-ring (bicyclic) bond motifs is 1. The first-order valence-corrected chi connectivity index (χ1v) is 15.6. The molecule has 0 N–H and O–H groups in total. The van der Waals surface area contributed by atoms with Gasteiger partial charge in [0.05, 0.1) is 6.07 Å². The molecule has 0 amide bonds. The quantitative estimate of drug-likeness (QED) is 0.158.